The molecule has 0 radical (unpaired) electrons. The summed E-state index contributed by atoms with van der Waals surface area (Å²) in [6.07, 6.45) is 5.78. The van der Waals surface area contributed by atoms with E-state index in [4.69, 9.17) is 16.0 Å². The molecule has 23 heavy (non-hydrogen) atoms. The number of halogens is 1. The van der Waals surface area contributed by atoms with E-state index >= 15 is 0 Å². The molecule has 0 bridgehead atoms. The normalized spacial score (nSPS) is 16.7. The lowest BCUT2D eigenvalue weighted by Crippen LogP contribution is -2.35. The lowest BCUT2D eigenvalue weighted by molar-refractivity contribution is 0.167. The predicted molar refractivity (Wildman–Crippen MR) is 91.7 cm³/mol. The summed E-state index contributed by atoms with van der Waals surface area (Å²) < 4.78 is 5.68. The Morgan fingerprint density at radius 2 is 2.13 bits per heavy atom. The number of anilines is 1. The van der Waals surface area contributed by atoms with E-state index < -0.39 is 0 Å². The molecular weight excluding hydrogens is 312 g/mol. The highest BCUT2D eigenvalue weighted by Gasteiger charge is 2.21. The molecule has 2 aromatic rings. The van der Waals surface area contributed by atoms with Crippen LogP contribution in [0.25, 0.3) is 0 Å². The van der Waals surface area contributed by atoms with Gasteiger partial charge in [-0.2, -0.15) is 0 Å². The summed E-state index contributed by atoms with van der Waals surface area (Å²) in [5.41, 5.74) is 1.96. The van der Waals surface area contributed by atoms with Crippen LogP contribution in [-0.4, -0.2) is 34.5 Å². The van der Waals surface area contributed by atoms with Crippen LogP contribution < -0.4 is 5.32 Å². The molecule has 0 saturated carbocycles. The molecule has 1 aliphatic heterocycles. The van der Waals surface area contributed by atoms with E-state index in [0.717, 1.165) is 49.2 Å². The molecular formula is C17H23ClN4O. The second kappa shape index (κ2) is 7.32. The van der Waals surface area contributed by atoms with Crippen LogP contribution in [0.5, 0.6) is 0 Å². The molecule has 0 aromatic carbocycles. The molecule has 2 aromatic heterocycles. The minimum atomic E-state index is 0.670. The van der Waals surface area contributed by atoms with Gasteiger partial charge in [-0.1, -0.05) is 11.6 Å². The van der Waals surface area contributed by atoms with E-state index in [-0.39, 0.29) is 0 Å². The molecule has 3 heterocycles. The Hall–Kier alpha value is -1.59. The molecule has 0 atom stereocenters. The van der Waals surface area contributed by atoms with Gasteiger partial charge in [-0.25, -0.2) is 4.98 Å². The van der Waals surface area contributed by atoms with Crippen LogP contribution in [0.1, 0.15) is 30.2 Å². The van der Waals surface area contributed by atoms with Crippen molar-refractivity contribution in [3.8, 4) is 0 Å². The van der Waals surface area contributed by atoms with Crippen LogP contribution in [-0.2, 0) is 6.54 Å². The van der Waals surface area contributed by atoms with Crippen LogP contribution in [0.2, 0.25) is 5.02 Å². The third-order valence-corrected chi connectivity index (χ3v) is 4.79. The fraction of sp³-hybridized carbons (Fsp3) is 0.529. The van der Waals surface area contributed by atoms with E-state index in [2.05, 4.69) is 20.2 Å². The van der Waals surface area contributed by atoms with Crippen molar-refractivity contribution >= 4 is 17.3 Å². The highest BCUT2D eigenvalue weighted by atomic mass is 35.5. The standard InChI is InChI=1S/C17H23ClN4O/c1-12-13(2)23-17(21-12)11-22-7-4-14(5-8-22)9-20-16-3-6-19-10-15(16)18/h3,6,10,14H,4-5,7-9,11H2,1-2H3,(H,19,20). The topological polar surface area (TPSA) is 54.2 Å². The van der Waals surface area contributed by atoms with E-state index in [1.807, 2.05) is 19.9 Å². The minimum absolute atomic E-state index is 0.670. The van der Waals surface area contributed by atoms with Gasteiger partial charge in [0, 0.05) is 18.9 Å². The molecule has 3 rings (SSSR count). The third-order valence-electron chi connectivity index (χ3n) is 4.49. The summed E-state index contributed by atoms with van der Waals surface area (Å²) in [4.78, 5) is 10.9. The smallest absolute Gasteiger partial charge is 0.208 e. The second-order valence-corrected chi connectivity index (χ2v) is 6.61. The Balaban J connectivity index is 1.44. The number of oxazole rings is 1. The summed E-state index contributed by atoms with van der Waals surface area (Å²) >= 11 is 6.12. The maximum Gasteiger partial charge on any atom is 0.208 e. The van der Waals surface area contributed by atoms with Gasteiger partial charge in [-0.15, -0.1) is 0 Å². The van der Waals surface area contributed by atoms with Gasteiger partial charge in [0.25, 0.3) is 0 Å². The number of hydrogen-bond donors (Lipinski definition) is 1. The molecule has 0 unspecified atom stereocenters. The van der Waals surface area contributed by atoms with Crippen molar-refractivity contribution < 1.29 is 4.42 Å². The molecule has 124 valence electrons. The molecule has 6 heteroatoms. The fourth-order valence-corrected chi connectivity index (χ4v) is 3.11. The Bertz CT molecular complexity index is 630. The van der Waals surface area contributed by atoms with Crippen molar-refractivity contribution in [1.29, 1.82) is 0 Å². The number of aryl methyl sites for hydroxylation is 2. The van der Waals surface area contributed by atoms with E-state index in [1.165, 1.54) is 12.8 Å². The molecule has 1 N–H and O–H groups in total. The summed E-state index contributed by atoms with van der Waals surface area (Å²) in [6.45, 7) is 7.88. The molecule has 5 nitrogen and oxygen atoms in total. The predicted octanol–water partition coefficient (Wildman–Crippen LogP) is 3.66. The fourth-order valence-electron chi connectivity index (χ4n) is 2.92. The number of rotatable bonds is 5. The lowest BCUT2D eigenvalue weighted by Gasteiger charge is -2.31. The monoisotopic (exact) mass is 334 g/mol. The summed E-state index contributed by atoms with van der Waals surface area (Å²) in [5.74, 6) is 2.43. The SMILES string of the molecule is Cc1nc(CN2CCC(CNc3ccncc3Cl)CC2)oc1C. The Morgan fingerprint density at radius 1 is 1.35 bits per heavy atom. The van der Waals surface area contributed by atoms with Crippen molar-refractivity contribution in [2.75, 3.05) is 25.0 Å². The van der Waals surface area contributed by atoms with Crippen LogP contribution in [0, 0.1) is 19.8 Å². The maximum absolute atomic E-state index is 6.12. The maximum atomic E-state index is 6.12. The van der Waals surface area contributed by atoms with Crippen LogP contribution in [0.3, 0.4) is 0 Å². The van der Waals surface area contributed by atoms with Crippen molar-refractivity contribution in [2.24, 2.45) is 5.92 Å². The second-order valence-electron chi connectivity index (χ2n) is 6.21. The largest absolute Gasteiger partial charge is 0.444 e. The highest BCUT2D eigenvalue weighted by Crippen LogP contribution is 2.23. The molecule has 0 aliphatic carbocycles. The summed E-state index contributed by atoms with van der Waals surface area (Å²) in [6, 6.07) is 1.92. The van der Waals surface area contributed by atoms with Gasteiger partial charge in [0.1, 0.15) is 5.76 Å². The minimum Gasteiger partial charge on any atom is -0.444 e. The first-order valence-corrected chi connectivity index (χ1v) is 8.48. The van der Waals surface area contributed by atoms with Crippen molar-refractivity contribution in [3.63, 3.8) is 0 Å². The van der Waals surface area contributed by atoms with Gasteiger partial charge in [0.2, 0.25) is 5.89 Å². The third kappa shape index (κ3) is 4.24. The zero-order chi connectivity index (χ0) is 16.2. The van der Waals surface area contributed by atoms with Crippen molar-refractivity contribution in [3.05, 3.63) is 40.8 Å². The van der Waals surface area contributed by atoms with Gasteiger partial charge in [0.05, 0.1) is 22.9 Å². The first kappa shape index (κ1) is 16.3. The highest BCUT2D eigenvalue weighted by molar-refractivity contribution is 6.33. The van der Waals surface area contributed by atoms with Gasteiger partial charge < -0.3 is 9.73 Å². The molecule has 1 saturated heterocycles. The average Bonchev–Trinajstić information content (AvgIpc) is 2.86. The van der Waals surface area contributed by atoms with E-state index in [1.54, 1.807) is 12.4 Å². The molecule has 0 amide bonds. The molecule has 1 fully saturated rings. The van der Waals surface area contributed by atoms with Crippen LogP contribution in [0.4, 0.5) is 5.69 Å². The zero-order valence-electron chi connectivity index (χ0n) is 13.7. The Labute approximate surface area is 142 Å². The number of pyridine rings is 1. The Kier molecular flexibility index (Phi) is 5.18. The van der Waals surface area contributed by atoms with Gasteiger partial charge in [-0.05, 0) is 51.8 Å². The molecule has 1 aliphatic rings. The number of aromatic nitrogens is 2. The lowest BCUT2D eigenvalue weighted by atomic mass is 9.96. The quantitative estimate of drug-likeness (QED) is 0.904. The van der Waals surface area contributed by atoms with Crippen molar-refractivity contribution in [1.82, 2.24) is 14.9 Å². The first-order chi connectivity index (χ1) is 11.1. The van der Waals surface area contributed by atoms with E-state index in [9.17, 15) is 0 Å². The number of nitrogens with one attached hydrogen (secondary N) is 1. The number of likely N-dealkylation sites (tertiary alicyclic amines) is 1. The summed E-state index contributed by atoms with van der Waals surface area (Å²) in [5, 5.41) is 4.12. The number of nitrogens with zero attached hydrogens (tertiary/aromatic N) is 3. The average molecular weight is 335 g/mol. The Morgan fingerprint density at radius 3 is 2.78 bits per heavy atom. The summed E-state index contributed by atoms with van der Waals surface area (Å²) in [7, 11) is 0. The number of piperidine rings is 1. The van der Waals surface area contributed by atoms with Gasteiger partial charge >= 0.3 is 0 Å². The van der Waals surface area contributed by atoms with E-state index in [0.29, 0.717) is 10.9 Å². The zero-order valence-corrected chi connectivity index (χ0v) is 14.4. The van der Waals surface area contributed by atoms with Gasteiger partial charge in [-0.3, -0.25) is 9.88 Å². The van der Waals surface area contributed by atoms with Gasteiger partial charge in [0.15, 0.2) is 0 Å². The molecule has 0 spiro atoms. The van der Waals surface area contributed by atoms with Crippen LogP contribution in [0.15, 0.2) is 22.9 Å². The number of hydrogen-bond acceptors (Lipinski definition) is 5. The van der Waals surface area contributed by atoms with Crippen molar-refractivity contribution in [2.45, 2.75) is 33.2 Å². The first-order valence-electron chi connectivity index (χ1n) is 8.10. The van der Waals surface area contributed by atoms with Crippen LogP contribution >= 0.6 is 11.6 Å².